The van der Waals surface area contributed by atoms with Gasteiger partial charge in [0, 0.05) is 24.9 Å². The van der Waals surface area contributed by atoms with E-state index in [4.69, 9.17) is 9.47 Å². The molecule has 0 amide bonds. The average molecular weight is 367 g/mol. The molecule has 1 aliphatic rings. The number of rotatable bonds is 4. The molecular formula is C19H23F2NO4. The van der Waals surface area contributed by atoms with Crippen LogP contribution in [0.5, 0.6) is 5.75 Å². The van der Waals surface area contributed by atoms with Gasteiger partial charge in [-0.2, -0.15) is 4.39 Å². The molecule has 5 nitrogen and oxygen atoms in total. The van der Waals surface area contributed by atoms with Gasteiger partial charge >= 0.3 is 0 Å². The zero-order valence-electron chi connectivity index (χ0n) is 15.1. The molecule has 2 aromatic rings. The Labute approximate surface area is 150 Å². The molecule has 0 saturated carbocycles. The van der Waals surface area contributed by atoms with Crippen LogP contribution in [0.25, 0.3) is 0 Å². The van der Waals surface area contributed by atoms with Crippen LogP contribution in [-0.4, -0.2) is 25.3 Å². The Morgan fingerprint density at radius 2 is 2.00 bits per heavy atom. The summed E-state index contributed by atoms with van der Waals surface area (Å²) in [5.41, 5.74) is 1.57. The number of benzene rings is 1. The predicted octanol–water partition coefficient (Wildman–Crippen LogP) is 3.73. The smallest absolute Gasteiger partial charge is 0.200 e. The van der Waals surface area contributed by atoms with E-state index >= 15 is 0 Å². The molecule has 0 radical (unpaired) electrons. The first kappa shape index (κ1) is 20.1. The summed E-state index contributed by atoms with van der Waals surface area (Å²) < 4.78 is 40.1. The van der Waals surface area contributed by atoms with Crippen molar-refractivity contribution in [3.05, 3.63) is 63.6 Å². The first-order chi connectivity index (χ1) is 12.5. The molecule has 0 aliphatic carbocycles. The number of aromatic amines is 1. The molecular weight excluding hydrogens is 344 g/mol. The molecule has 0 spiro atoms. The molecule has 1 aromatic heterocycles. The summed E-state index contributed by atoms with van der Waals surface area (Å²) in [5.74, 6) is -1.90. The SMILES string of the molecule is COCc1c(C2CCC(C)O2)[nH]ccc1=O.COc1cccc(F)c1F. The van der Waals surface area contributed by atoms with Crippen molar-refractivity contribution in [2.75, 3.05) is 14.2 Å². The second-order valence-corrected chi connectivity index (χ2v) is 5.94. The molecule has 0 bridgehead atoms. The van der Waals surface area contributed by atoms with Gasteiger partial charge in [-0.05, 0) is 31.9 Å². The minimum Gasteiger partial charge on any atom is -0.494 e. The second kappa shape index (κ2) is 9.45. The van der Waals surface area contributed by atoms with E-state index in [1.54, 1.807) is 13.3 Å². The quantitative estimate of drug-likeness (QED) is 0.894. The lowest BCUT2D eigenvalue weighted by molar-refractivity contribution is 0.0510. The third kappa shape index (κ3) is 4.89. The van der Waals surface area contributed by atoms with Crippen LogP contribution in [0.3, 0.4) is 0 Å². The molecule has 1 saturated heterocycles. The fourth-order valence-electron chi connectivity index (χ4n) is 2.76. The normalized spacial score (nSPS) is 19.0. The van der Waals surface area contributed by atoms with E-state index in [9.17, 15) is 13.6 Å². The van der Waals surface area contributed by atoms with Gasteiger partial charge in [0.1, 0.15) is 0 Å². The second-order valence-electron chi connectivity index (χ2n) is 5.94. The standard InChI is InChI=1S/C12H17NO3.C7H6F2O/c1-8-3-4-11(16-8)12-9(7-15-2)10(14)5-6-13-12;1-10-6-4-2-3-5(8)7(6)9/h5-6,8,11H,3-4,7H2,1-2H3,(H,13,14);2-4H,1H3. The van der Waals surface area contributed by atoms with Crippen molar-refractivity contribution in [1.82, 2.24) is 4.98 Å². The number of hydrogen-bond donors (Lipinski definition) is 1. The lowest BCUT2D eigenvalue weighted by Gasteiger charge is -2.14. The van der Waals surface area contributed by atoms with Crippen molar-refractivity contribution in [3.63, 3.8) is 0 Å². The van der Waals surface area contributed by atoms with E-state index in [0.717, 1.165) is 24.6 Å². The highest BCUT2D eigenvalue weighted by molar-refractivity contribution is 5.24. The van der Waals surface area contributed by atoms with Gasteiger partial charge in [-0.3, -0.25) is 4.79 Å². The van der Waals surface area contributed by atoms with Crippen LogP contribution in [-0.2, 0) is 16.1 Å². The zero-order chi connectivity index (χ0) is 19.1. The van der Waals surface area contributed by atoms with Crippen LogP contribution in [0.15, 0.2) is 35.3 Å². The van der Waals surface area contributed by atoms with Gasteiger partial charge in [-0.1, -0.05) is 6.07 Å². The fraction of sp³-hybridized carbons (Fsp3) is 0.421. The van der Waals surface area contributed by atoms with Crippen molar-refractivity contribution in [2.24, 2.45) is 0 Å². The Kier molecular flexibility index (Phi) is 7.29. The van der Waals surface area contributed by atoms with Crippen molar-refractivity contribution < 1.29 is 23.0 Å². The first-order valence-electron chi connectivity index (χ1n) is 8.30. The number of methoxy groups -OCH3 is 2. The molecule has 2 unspecified atom stereocenters. The Bertz CT molecular complexity index is 778. The van der Waals surface area contributed by atoms with E-state index in [2.05, 4.69) is 16.6 Å². The van der Waals surface area contributed by atoms with Gasteiger partial charge in [0.05, 0.1) is 31.6 Å². The van der Waals surface area contributed by atoms with E-state index in [1.165, 1.54) is 25.3 Å². The van der Waals surface area contributed by atoms with Crippen LogP contribution < -0.4 is 10.2 Å². The summed E-state index contributed by atoms with van der Waals surface area (Å²) in [6, 6.07) is 5.31. The number of pyridine rings is 1. The average Bonchev–Trinajstić information content (AvgIpc) is 3.06. The number of aromatic nitrogens is 1. The summed E-state index contributed by atoms with van der Waals surface area (Å²) in [7, 11) is 2.88. The van der Waals surface area contributed by atoms with Gasteiger partial charge in [0.25, 0.3) is 0 Å². The van der Waals surface area contributed by atoms with Crippen LogP contribution >= 0.6 is 0 Å². The fourth-order valence-corrected chi connectivity index (χ4v) is 2.76. The maximum atomic E-state index is 12.5. The third-order valence-corrected chi connectivity index (χ3v) is 4.07. The monoisotopic (exact) mass is 367 g/mol. The van der Waals surface area contributed by atoms with Gasteiger partial charge < -0.3 is 19.2 Å². The Morgan fingerprint density at radius 3 is 2.58 bits per heavy atom. The summed E-state index contributed by atoms with van der Waals surface area (Å²) in [4.78, 5) is 14.8. The summed E-state index contributed by atoms with van der Waals surface area (Å²) in [6.07, 6.45) is 3.94. The maximum Gasteiger partial charge on any atom is 0.200 e. The number of nitrogens with one attached hydrogen (secondary N) is 1. The predicted molar refractivity (Wildman–Crippen MR) is 93.2 cm³/mol. The maximum absolute atomic E-state index is 12.5. The van der Waals surface area contributed by atoms with Crippen molar-refractivity contribution in [3.8, 4) is 5.75 Å². The molecule has 3 rings (SSSR count). The highest BCUT2D eigenvalue weighted by Crippen LogP contribution is 2.32. The topological polar surface area (TPSA) is 60.5 Å². The largest absolute Gasteiger partial charge is 0.494 e. The number of ether oxygens (including phenoxy) is 3. The van der Waals surface area contributed by atoms with E-state index < -0.39 is 11.6 Å². The molecule has 1 aliphatic heterocycles. The molecule has 7 heteroatoms. The molecule has 26 heavy (non-hydrogen) atoms. The minimum absolute atomic E-state index is 0.00838. The highest BCUT2D eigenvalue weighted by atomic mass is 19.2. The van der Waals surface area contributed by atoms with Gasteiger partial charge in [0.15, 0.2) is 17.0 Å². The van der Waals surface area contributed by atoms with Crippen molar-refractivity contribution in [1.29, 1.82) is 0 Å². The lowest BCUT2D eigenvalue weighted by atomic mass is 10.1. The summed E-state index contributed by atoms with van der Waals surface area (Å²) in [6.45, 7) is 2.39. The van der Waals surface area contributed by atoms with Crippen molar-refractivity contribution >= 4 is 0 Å². The van der Waals surface area contributed by atoms with E-state index in [-0.39, 0.29) is 23.4 Å². The molecule has 1 N–H and O–H groups in total. The third-order valence-electron chi connectivity index (χ3n) is 4.07. The van der Waals surface area contributed by atoms with Gasteiger partial charge in [0.2, 0.25) is 5.82 Å². The van der Waals surface area contributed by atoms with Crippen LogP contribution in [0.1, 0.15) is 37.1 Å². The molecule has 1 fully saturated rings. The Balaban J connectivity index is 0.000000209. The van der Waals surface area contributed by atoms with Gasteiger partial charge in [-0.25, -0.2) is 4.39 Å². The summed E-state index contributed by atoms with van der Waals surface area (Å²) >= 11 is 0. The van der Waals surface area contributed by atoms with Crippen LogP contribution in [0, 0.1) is 11.6 Å². The number of hydrogen-bond acceptors (Lipinski definition) is 4. The lowest BCUT2D eigenvalue weighted by Crippen LogP contribution is -2.16. The van der Waals surface area contributed by atoms with E-state index in [0.29, 0.717) is 12.2 Å². The van der Waals surface area contributed by atoms with Gasteiger partial charge in [-0.15, -0.1) is 0 Å². The zero-order valence-corrected chi connectivity index (χ0v) is 15.1. The number of halogens is 2. The highest BCUT2D eigenvalue weighted by Gasteiger charge is 2.26. The Hall–Kier alpha value is -2.25. The molecule has 2 atom stereocenters. The van der Waals surface area contributed by atoms with Crippen LogP contribution in [0.4, 0.5) is 8.78 Å². The first-order valence-corrected chi connectivity index (χ1v) is 8.30. The molecule has 2 heterocycles. The number of H-pyrrole nitrogens is 1. The van der Waals surface area contributed by atoms with Crippen LogP contribution in [0.2, 0.25) is 0 Å². The van der Waals surface area contributed by atoms with Crippen molar-refractivity contribution in [2.45, 2.75) is 38.6 Å². The molecule has 1 aromatic carbocycles. The Morgan fingerprint density at radius 1 is 1.23 bits per heavy atom. The minimum atomic E-state index is -0.940. The van der Waals surface area contributed by atoms with E-state index in [1.807, 2.05) is 0 Å². The summed E-state index contributed by atoms with van der Waals surface area (Å²) in [5, 5.41) is 0. The molecule has 142 valence electrons.